The monoisotopic (exact) mass is 470 g/mol. The summed E-state index contributed by atoms with van der Waals surface area (Å²) in [5.41, 5.74) is 2.77. The molecular weight excluding hydrogens is 440 g/mol. The lowest BCUT2D eigenvalue weighted by Gasteiger charge is -2.19. The predicted octanol–water partition coefficient (Wildman–Crippen LogP) is 4.66. The van der Waals surface area contributed by atoms with Crippen molar-refractivity contribution in [1.82, 2.24) is 14.4 Å². The second-order valence-electron chi connectivity index (χ2n) is 8.35. The van der Waals surface area contributed by atoms with Crippen LogP contribution in [0.3, 0.4) is 0 Å². The van der Waals surface area contributed by atoms with E-state index in [0.29, 0.717) is 48.8 Å². The number of anilines is 1. The van der Waals surface area contributed by atoms with Gasteiger partial charge < -0.3 is 14.6 Å². The number of hydrogen-bond acceptors (Lipinski definition) is 7. The summed E-state index contributed by atoms with van der Waals surface area (Å²) < 4.78 is 38.8. The van der Waals surface area contributed by atoms with E-state index in [2.05, 4.69) is 41.4 Å². The van der Waals surface area contributed by atoms with E-state index in [1.807, 2.05) is 19.1 Å². The average Bonchev–Trinajstić information content (AvgIpc) is 3.51. The summed E-state index contributed by atoms with van der Waals surface area (Å²) in [5, 5.41) is 7.26. The highest BCUT2D eigenvalue weighted by Crippen LogP contribution is 2.32. The van der Waals surface area contributed by atoms with E-state index in [1.54, 1.807) is 18.2 Å². The van der Waals surface area contributed by atoms with E-state index < -0.39 is 10.0 Å². The van der Waals surface area contributed by atoms with Crippen molar-refractivity contribution >= 4 is 15.7 Å². The number of aromatic nitrogens is 2. The SMILES string of the molecule is CCOc1ccc(NCc2nc(-c3ccc(C(C)C)cc3)no2)cc1S(=O)(=O)N1CCCC1. The zero-order valence-electron chi connectivity index (χ0n) is 19.2. The van der Waals surface area contributed by atoms with E-state index >= 15 is 0 Å². The second kappa shape index (κ2) is 9.93. The summed E-state index contributed by atoms with van der Waals surface area (Å²) in [5.74, 6) is 1.75. The number of ether oxygens (including phenoxy) is 1. The van der Waals surface area contributed by atoms with Crippen molar-refractivity contribution in [1.29, 1.82) is 0 Å². The van der Waals surface area contributed by atoms with Gasteiger partial charge in [0.05, 0.1) is 13.2 Å². The smallest absolute Gasteiger partial charge is 0.246 e. The Hall–Kier alpha value is -2.91. The summed E-state index contributed by atoms with van der Waals surface area (Å²) in [4.78, 5) is 4.63. The summed E-state index contributed by atoms with van der Waals surface area (Å²) in [6, 6.07) is 13.2. The fourth-order valence-corrected chi connectivity index (χ4v) is 5.47. The first-order valence-corrected chi connectivity index (χ1v) is 12.8. The Morgan fingerprint density at radius 3 is 2.52 bits per heavy atom. The number of rotatable bonds is 9. The molecule has 1 saturated heterocycles. The first-order valence-electron chi connectivity index (χ1n) is 11.3. The molecule has 0 atom stereocenters. The third-order valence-electron chi connectivity index (χ3n) is 5.67. The fraction of sp³-hybridized carbons (Fsp3) is 0.417. The van der Waals surface area contributed by atoms with Crippen LogP contribution in [0, 0.1) is 0 Å². The molecule has 0 aliphatic carbocycles. The average molecular weight is 471 g/mol. The lowest BCUT2D eigenvalue weighted by atomic mass is 10.0. The summed E-state index contributed by atoms with van der Waals surface area (Å²) in [7, 11) is -3.62. The minimum Gasteiger partial charge on any atom is -0.492 e. The van der Waals surface area contributed by atoms with Gasteiger partial charge in [-0.1, -0.05) is 43.3 Å². The topological polar surface area (TPSA) is 97.6 Å². The largest absolute Gasteiger partial charge is 0.492 e. The maximum absolute atomic E-state index is 13.2. The number of nitrogens with zero attached hydrogens (tertiary/aromatic N) is 3. The molecule has 9 heteroatoms. The van der Waals surface area contributed by atoms with Gasteiger partial charge in [0, 0.05) is 24.3 Å². The van der Waals surface area contributed by atoms with Crippen LogP contribution in [0.1, 0.15) is 51.0 Å². The van der Waals surface area contributed by atoms with E-state index in [4.69, 9.17) is 9.26 Å². The molecule has 1 aliphatic rings. The van der Waals surface area contributed by atoms with Gasteiger partial charge in [-0.3, -0.25) is 0 Å². The molecule has 4 rings (SSSR count). The Balaban J connectivity index is 1.49. The molecule has 2 aromatic carbocycles. The van der Waals surface area contributed by atoms with Crippen LogP contribution >= 0.6 is 0 Å². The van der Waals surface area contributed by atoms with Gasteiger partial charge >= 0.3 is 0 Å². The summed E-state index contributed by atoms with van der Waals surface area (Å²) in [6.07, 6.45) is 1.75. The van der Waals surface area contributed by atoms with Gasteiger partial charge in [0.1, 0.15) is 10.6 Å². The maximum atomic E-state index is 13.2. The molecule has 1 N–H and O–H groups in total. The van der Waals surface area contributed by atoms with Crippen LogP contribution in [-0.2, 0) is 16.6 Å². The zero-order valence-corrected chi connectivity index (χ0v) is 20.1. The molecule has 1 aliphatic heterocycles. The van der Waals surface area contributed by atoms with Gasteiger partial charge in [-0.25, -0.2) is 8.42 Å². The second-order valence-corrected chi connectivity index (χ2v) is 10.3. The Bertz CT molecular complexity index is 1180. The Morgan fingerprint density at radius 2 is 1.85 bits per heavy atom. The molecule has 0 saturated carbocycles. The Morgan fingerprint density at radius 1 is 1.12 bits per heavy atom. The molecule has 1 fully saturated rings. The van der Waals surface area contributed by atoms with E-state index in [9.17, 15) is 8.42 Å². The van der Waals surface area contributed by atoms with Gasteiger partial charge in [0.25, 0.3) is 0 Å². The Labute approximate surface area is 195 Å². The molecule has 0 radical (unpaired) electrons. The van der Waals surface area contributed by atoms with Crippen LogP contribution in [0.15, 0.2) is 51.9 Å². The number of sulfonamides is 1. The zero-order chi connectivity index (χ0) is 23.4. The molecule has 3 aromatic rings. The van der Waals surface area contributed by atoms with Crippen LogP contribution < -0.4 is 10.1 Å². The van der Waals surface area contributed by atoms with Crippen molar-refractivity contribution in [3.8, 4) is 17.1 Å². The molecular formula is C24H30N4O4S. The van der Waals surface area contributed by atoms with Crippen LogP contribution in [0.4, 0.5) is 5.69 Å². The molecule has 0 bridgehead atoms. The predicted molar refractivity (Wildman–Crippen MR) is 127 cm³/mol. The van der Waals surface area contributed by atoms with Crippen LogP contribution in [-0.4, -0.2) is 42.6 Å². The first-order chi connectivity index (χ1) is 15.9. The standard InChI is InChI=1S/C24H30N4O4S/c1-4-31-21-12-11-20(15-22(21)33(29,30)28-13-5-6-14-28)25-16-23-26-24(27-32-23)19-9-7-18(8-10-19)17(2)3/h7-12,15,17,25H,4-6,13-14,16H2,1-3H3. The lowest BCUT2D eigenvalue weighted by molar-refractivity contribution is 0.329. The molecule has 8 nitrogen and oxygen atoms in total. The minimum absolute atomic E-state index is 0.174. The molecule has 0 unspecified atom stereocenters. The number of hydrogen-bond donors (Lipinski definition) is 1. The lowest BCUT2D eigenvalue weighted by Crippen LogP contribution is -2.28. The molecule has 0 amide bonds. The van der Waals surface area contributed by atoms with Crippen molar-refractivity contribution in [2.24, 2.45) is 0 Å². The highest BCUT2D eigenvalue weighted by molar-refractivity contribution is 7.89. The third kappa shape index (κ3) is 5.20. The van der Waals surface area contributed by atoms with Crippen LogP contribution in [0.2, 0.25) is 0 Å². The van der Waals surface area contributed by atoms with Crippen LogP contribution in [0.25, 0.3) is 11.4 Å². The highest BCUT2D eigenvalue weighted by Gasteiger charge is 2.30. The van der Waals surface area contributed by atoms with Gasteiger partial charge in [-0.05, 0) is 49.4 Å². The van der Waals surface area contributed by atoms with Gasteiger partial charge in [-0.2, -0.15) is 9.29 Å². The van der Waals surface area contributed by atoms with E-state index in [0.717, 1.165) is 18.4 Å². The Kier molecular flexibility index (Phi) is 6.99. The van der Waals surface area contributed by atoms with Gasteiger partial charge in [0.2, 0.25) is 21.7 Å². The number of nitrogens with one attached hydrogen (secondary N) is 1. The van der Waals surface area contributed by atoms with Crippen molar-refractivity contribution in [2.45, 2.75) is 51.0 Å². The molecule has 0 spiro atoms. The van der Waals surface area contributed by atoms with Crippen LogP contribution in [0.5, 0.6) is 5.75 Å². The maximum Gasteiger partial charge on any atom is 0.246 e. The van der Waals surface area contributed by atoms with Crippen molar-refractivity contribution in [2.75, 3.05) is 25.0 Å². The van der Waals surface area contributed by atoms with Gasteiger partial charge in [0.15, 0.2) is 0 Å². The van der Waals surface area contributed by atoms with E-state index in [1.165, 1.54) is 9.87 Å². The summed E-state index contributed by atoms with van der Waals surface area (Å²) in [6.45, 7) is 7.86. The van der Waals surface area contributed by atoms with E-state index in [-0.39, 0.29) is 11.4 Å². The van der Waals surface area contributed by atoms with Gasteiger partial charge in [-0.15, -0.1) is 0 Å². The molecule has 1 aromatic heterocycles. The quantitative estimate of drug-likeness (QED) is 0.486. The fourth-order valence-electron chi connectivity index (χ4n) is 3.80. The number of benzene rings is 2. The summed E-state index contributed by atoms with van der Waals surface area (Å²) >= 11 is 0. The molecule has 2 heterocycles. The molecule has 33 heavy (non-hydrogen) atoms. The van der Waals surface area contributed by atoms with Crippen molar-refractivity contribution < 1.29 is 17.7 Å². The first kappa shape index (κ1) is 23.3. The third-order valence-corrected chi connectivity index (χ3v) is 7.59. The molecule has 176 valence electrons. The van der Waals surface area contributed by atoms with Crippen molar-refractivity contribution in [3.05, 3.63) is 53.9 Å². The normalized spacial score (nSPS) is 14.7. The van der Waals surface area contributed by atoms with Crippen molar-refractivity contribution in [3.63, 3.8) is 0 Å². The highest BCUT2D eigenvalue weighted by atomic mass is 32.2. The minimum atomic E-state index is -3.62.